The molecule has 1 amide bonds. The SMILES string of the molecule is C=C1C=C(C(=O)NCc2ccccc2C)c2cccc(OC)c2C1CCCN1[C@@H]2CC[C@H]1CN(CCOc1ccc(F)cc1)C2. The molecule has 1 N–H and O–H groups in total. The monoisotopic (exact) mass is 609 g/mol. The second-order valence-corrected chi connectivity index (χ2v) is 12.5. The third-order valence-electron chi connectivity index (χ3n) is 9.76. The van der Waals surface area contributed by atoms with Gasteiger partial charge in [0.05, 0.1) is 7.11 Å². The van der Waals surface area contributed by atoms with Gasteiger partial charge < -0.3 is 14.8 Å². The van der Waals surface area contributed by atoms with Crippen molar-refractivity contribution in [3.05, 3.63) is 113 Å². The maximum Gasteiger partial charge on any atom is 0.252 e. The minimum Gasteiger partial charge on any atom is -0.496 e. The molecule has 236 valence electrons. The van der Waals surface area contributed by atoms with Crippen molar-refractivity contribution in [2.75, 3.05) is 39.9 Å². The van der Waals surface area contributed by atoms with Crippen LogP contribution in [0.15, 0.2) is 85.0 Å². The fourth-order valence-electron chi connectivity index (χ4n) is 7.39. The molecule has 2 bridgehead atoms. The van der Waals surface area contributed by atoms with Crippen molar-refractivity contribution in [2.45, 2.75) is 57.2 Å². The lowest BCUT2D eigenvalue weighted by molar-refractivity contribution is -0.115. The van der Waals surface area contributed by atoms with E-state index in [1.807, 2.05) is 42.5 Å². The molecule has 3 atom stereocenters. The standard InChI is InChI=1S/C38H44FN3O3/c1-26-8-4-5-9-28(26)23-40-38(43)35-22-27(2)33(37-34(35)10-6-12-36(37)44-3)11-7-19-42-30-15-16-31(42)25-41(24-30)20-21-45-32-17-13-29(39)14-18-32/h4-6,8-10,12-14,17-18,22,30-31,33H,2,7,11,15-16,19-21,23-25H2,1,3H3,(H,40,43)/t30-,31+,33?. The molecule has 1 aliphatic carbocycles. The van der Waals surface area contributed by atoms with Gasteiger partial charge in [0.25, 0.3) is 5.91 Å². The van der Waals surface area contributed by atoms with E-state index in [-0.39, 0.29) is 17.6 Å². The first-order valence-corrected chi connectivity index (χ1v) is 16.2. The number of fused-ring (bicyclic) bond motifs is 3. The second-order valence-electron chi connectivity index (χ2n) is 12.5. The molecule has 0 spiro atoms. The van der Waals surface area contributed by atoms with Crippen molar-refractivity contribution in [1.29, 1.82) is 0 Å². The molecule has 2 fully saturated rings. The minimum atomic E-state index is -0.246. The van der Waals surface area contributed by atoms with E-state index < -0.39 is 0 Å². The van der Waals surface area contributed by atoms with Gasteiger partial charge in [-0.15, -0.1) is 0 Å². The van der Waals surface area contributed by atoms with Gasteiger partial charge in [-0.3, -0.25) is 14.6 Å². The molecule has 3 aromatic rings. The number of halogens is 1. The predicted molar refractivity (Wildman–Crippen MR) is 177 cm³/mol. The first-order chi connectivity index (χ1) is 21.9. The van der Waals surface area contributed by atoms with Crippen LogP contribution in [0.1, 0.15) is 53.9 Å². The van der Waals surface area contributed by atoms with Crippen molar-refractivity contribution in [3.63, 3.8) is 0 Å². The van der Waals surface area contributed by atoms with Crippen molar-refractivity contribution in [2.24, 2.45) is 0 Å². The van der Waals surface area contributed by atoms with Gasteiger partial charge >= 0.3 is 0 Å². The van der Waals surface area contributed by atoms with Gasteiger partial charge in [0.15, 0.2) is 0 Å². The van der Waals surface area contributed by atoms with Gasteiger partial charge in [-0.25, -0.2) is 4.39 Å². The number of hydrogen-bond donors (Lipinski definition) is 1. The summed E-state index contributed by atoms with van der Waals surface area (Å²) in [6, 6.07) is 21.5. The number of hydrogen-bond acceptors (Lipinski definition) is 5. The molecule has 2 aliphatic heterocycles. The Balaban J connectivity index is 1.05. The molecule has 45 heavy (non-hydrogen) atoms. The zero-order valence-electron chi connectivity index (χ0n) is 26.4. The van der Waals surface area contributed by atoms with Crippen LogP contribution < -0.4 is 14.8 Å². The first kappa shape index (κ1) is 31.1. The Labute approximate surface area is 266 Å². The number of methoxy groups -OCH3 is 1. The number of rotatable bonds is 12. The molecule has 6 nitrogen and oxygen atoms in total. The highest BCUT2D eigenvalue weighted by molar-refractivity contribution is 6.21. The van der Waals surface area contributed by atoms with Crippen molar-refractivity contribution in [3.8, 4) is 11.5 Å². The van der Waals surface area contributed by atoms with Crippen LogP contribution in [0.3, 0.4) is 0 Å². The number of ether oxygens (including phenoxy) is 2. The second kappa shape index (κ2) is 14.0. The van der Waals surface area contributed by atoms with Crippen molar-refractivity contribution in [1.82, 2.24) is 15.1 Å². The van der Waals surface area contributed by atoms with E-state index in [4.69, 9.17) is 9.47 Å². The summed E-state index contributed by atoms with van der Waals surface area (Å²) in [4.78, 5) is 18.7. The smallest absolute Gasteiger partial charge is 0.252 e. The number of carbonyl (C=O) groups is 1. The van der Waals surface area contributed by atoms with Crippen molar-refractivity contribution >= 4 is 11.5 Å². The fraction of sp³-hybridized carbons (Fsp3) is 0.395. The summed E-state index contributed by atoms with van der Waals surface area (Å²) in [5.41, 5.74) is 5.89. The maximum atomic E-state index is 13.5. The summed E-state index contributed by atoms with van der Waals surface area (Å²) in [5, 5.41) is 3.13. The van der Waals surface area contributed by atoms with Gasteiger partial charge in [-0.2, -0.15) is 0 Å². The van der Waals surface area contributed by atoms with E-state index in [0.29, 0.717) is 36.6 Å². The molecule has 2 saturated heterocycles. The van der Waals surface area contributed by atoms with Crippen LogP contribution in [-0.2, 0) is 11.3 Å². The summed E-state index contributed by atoms with van der Waals surface area (Å²) in [6.07, 6.45) is 6.44. The van der Waals surface area contributed by atoms with E-state index in [2.05, 4.69) is 34.7 Å². The van der Waals surface area contributed by atoms with E-state index in [1.165, 1.54) is 25.0 Å². The summed E-state index contributed by atoms with van der Waals surface area (Å²) in [6.45, 7) is 11.6. The lowest BCUT2D eigenvalue weighted by Crippen LogP contribution is -2.54. The number of aryl methyl sites for hydroxylation is 1. The van der Waals surface area contributed by atoms with E-state index in [9.17, 15) is 9.18 Å². The predicted octanol–water partition coefficient (Wildman–Crippen LogP) is 6.50. The zero-order valence-corrected chi connectivity index (χ0v) is 26.4. The number of piperazine rings is 1. The minimum absolute atomic E-state index is 0.0927. The number of nitrogens with one attached hydrogen (secondary N) is 1. The average molecular weight is 610 g/mol. The highest BCUT2D eigenvalue weighted by atomic mass is 19.1. The van der Waals surface area contributed by atoms with Crippen LogP contribution in [0.25, 0.3) is 5.57 Å². The Morgan fingerprint density at radius 3 is 2.49 bits per heavy atom. The number of carbonyl (C=O) groups excluding carboxylic acids is 1. The van der Waals surface area contributed by atoms with Crippen LogP contribution >= 0.6 is 0 Å². The third kappa shape index (κ3) is 7.00. The lowest BCUT2D eigenvalue weighted by atomic mass is 9.77. The van der Waals surface area contributed by atoms with Crippen LogP contribution in [0.5, 0.6) is 11.5 Å². The Bertz CT molecular complexity index is 1540. The number of allylic oxidation sites excluding steroid dienone is 2. The topological polar surface area (TPSA) is 54.0 Å². The molecule has 6 rings (SSSR count). The van der Waals surface area contributed by atoms with Crippen LogP contribution in [0.4, 0.5) is 4.39 Å². The molecule has 7 heteroatoms. The number of nitrogens with zero attached hydrogens (tertiary/aromatic N) is 2. The van der Waals surface area contributed by atoms with Gasteiger partial charge in [-0.05, 0) is 97.8 Å². The summed E-state index contributed by atoms with van der Waals surface area (Å²) < 4.78 is 24.9. The number of benzene rings is 3. The van der Waals surface area contributed by atoms with Gasteiger partial charge in [0.2, 0.25) is 0 Å². The lowest BCUT2D eigenvalue weighted by Gasteiger charge is -2.41. The van der Waals surface area contributed by atoms with Crippen LogP contribution in [0.2, 0.25) is 0 Å². The van der Waals surface area contributed by atoms with Gasteiger partial charge in [0, 0.05) is 55.3 Å². The molecule has 0 aromatic heterocycles. The number of amides is 1. The van der Waals surface area contributed by atoms with E-state index in [0.717, 1.165) is 72.6 Å². The van der Waals surface area contributed by atoms with Crippen molar-refractivity contribution < 1.29 is 18.7 Å². The molecule has 3 aromatic carbocycles. The van der Waals surface area contributed by atoms with E-state index >= 15 is 0 Å². The first-order valence-electron chi connectivity index (χ1n) is 16.2. The number of likely N-dealkylation sites (tertiary alicyclic amines) is 1. The Morgan fingerprint density at radius 1 is 1.00 bits per heavy atom. The average Bonchev–Trinajstić information content (AvgIpc) is 3.28. The highest BCUT2D eigenvalue weighted by Crippen LogP contribution is 2.45. The molecule has 0 saturated carbocycles. The molecule has 1 unspecified atom stereocenters. The fourth-order valence-corrected chi connectivity index (χ4v) is 7.39. The summed E-state index contributed by atoms with van der Waals surface area (Å²) in [7, 11) is 1.70. The Hall–Kier alpha value is -3.94. The maximum absolute atomic E-state index is 13.5. The van der Waals surface area contributed by atoms with Crippen LogP contribution in [-0.4, -0.2) is 67.7 Å². The third-order valence-corrected chi connectivity index (χ3v) is 9.76. The Morgan fingerprint density at radius 2 is 1.76 bits per heavy atom. The summed E-state index contributed by atoms with van der Waals surface area (Å²) in [5.74, 6) is 1.29. The quantitative estimate of drug-likeness (QED) is 0.254. The normalized spacial score (nSPS) is 21.3. The van der Waals surface area contributed by atoms with Gasteiger partial charge in [-0.1, -0.05) is 43.0 Å². The molecular weight excluding hydrogens is 565 g/mol. The highest BCUT2D eigenvalue weighted by Gasteiger charge is 2.39. The largest absolute Gasteiger partial charge is 0.496 e. The Kier molecular flexibility index (Phi) is 9.67. The molecule has 0 radical (unpaired) electrons. The van der Waals surface area contributed by atoms with Gasteiger partial charge in [0.1, 0.15) is 23.9 Å². The van der Waals surface area contributed by atoms with E-state index in [1.54, 1.807) is 19.2 Å². The molecule has 3 aliphatic rings. The molecule has 2 heterocycles. The van der Waals surface area contributed by atoms with Crippen LogP contribution in [0, 0.1) is 12.7 Å². The molecular formula is C38H44FN3O3. The summed E-state index contributed by atoms with van der Waals surface area (Å²) >= 11 is 0. The zero-order chi connectivity index (χ0) is 31.3.